The van der Waals surface area contributed by atoms with Gasteiger partial charge in [0, 0.05) is 14.6 Å². The summed E-state index contributed by atoms with van der Waals surface area (Å²) in [6.07, 6.45) is -0.657. The maximum atomic E-state index is 12.6. The van der Waals surface area contributed by atoms with Crippen LogP contribution >= 0.6 is 0 Å². The molecule has 0 aliphatic heterocycles. The van der Waals surface area contributed by atoms with Gasteiger partial charge in [-0.1, -0.05) is 61.2 Å². The van der Waals surface area contributed by atoms with Crippen molar-refractivity contribution in [3.05, 3.63) is 0 Å². The smallest absolute Gasteiger partial charge is 0.411 e. The highest BCUT2D eigenvalue weighted by molar-refractivity contribution is 6.76. The normalized spacial score (nSPS) is 13.9. The Kier molecular flexibility index (Phi) is 9.16. The zero-order valence-corrected chi connectivity index (χ0v) is 19.2. The molecular weight excluding hydrogens is 348 g/mol. The number of nitrogens with zero attached hydrogens (tertiary/aromatic N) is 1. The largest absolute Gasteiger partial charge is 0.465 e. The summed E-state index contributed by atoms with van der Waals surface area (Å²) in [7, 11) is -1.29. The third kappa shape index (κ3) is 12.2. The Balaban J connectivity index is 5.12. The van der Waals surface area contributed by atoms with Crippen molar-refractivity contribution in [2.45, 2.75) is 73.6 Å². The molecule has 0 aliphatic rings. The lowest BCUT2D eigenvalue weighted by molar-refractivity contribution is 0.0708. The summed E-state index contributed by atoms with van der Waals surface area (Å²) >= 11 is 0. The average molecular weight is 389 g/mol. The Morgan fingerprint density at radius 1 is 1.12 bits per heavy atom. The Morgan fingerprint density at radius 3 is 2.04 bits per heavy atom. The predicted molar refractivity (Wildman–Crippen MR) is 109 cm³/mol. The lowest BCUT2D eigenvalue weighted by Crippen LogP contribution is -2.46. The first kappa shape index (κ1) is 24.8. The van der Waals surface area contributed by atoms with Crippen LogP contribution in [0, 0.1) is 16.7 Å². The third-order valence-electron chi connectivity index (χ3n) is 4.28. The Hall–Kier alpha value is -1.24. The van der Waals surface area contributed by atoms with Crippen LogP contribution < -0.4 is 5.32 Å². The van der Waals surface area contributed by atoms with E-state index in [9.17, 15) is 9.59 Å². The van der Waals surface area contributed by atoms with Crippen molar-refractivity contribution in [3.8, 4) is 0 Å². The van der Waals surface area contributed by atoms with Crippen LogP contribution in [-0.4, -0.2) is 50.1 Å². The van der Waals surface area contributed by atoms with Crippen LogP contribution in [-0.2, 0) is 4.74 Å². The maximum absolute atomic E-state index is 12.6. The molecule has 2 amide bonds. The van der Waals surface area contributed by atoms with E-state index in [0.717, 1.165) is 12.5 Å². The molecule has 154 valence electrons. The van der Waals surface area contributed by atoms with Crippen molar-refractivity contribution in [1.29, 1.82) is 0 Å². The summed E-state index contributed by atoms with van der Waals surface area (Å²) in [5.74, 6) is 0.225. The van der Waals surface area contributed by atoms with Crippen LogP contribution in [0.3, 0.4) is 0 Å². The lowest BCUT2D eigenvalue weighted by atomic mass is 9.72. The van der Waals surface area contributed by atoms with Crippen LogP contribution in [0.1, 0.15) is 48.0 Å². The Morgan fingerprint density at radius 2 is 1.65 bits per heavy atom. The van der Waals surface area contributed by atoms with E-state index in [-0.39, 0.29) is 23.4 Å². The second kappa shape index (κ2) is 9.62. The molecule has 0 fully saturated rings. The standard InChI is InChI=1S/C19H40N2O4Si/c1-18(2,3)12-15(19(4,5)6)13-21(14-20-16(22)23)17(24)25-10-11-26(7,8)9/h15,20H,10-14H2,1-9H3,(H,22,23)/t15-/m1/s1. The fraction of sp³-hybridized carbons (Fsp3) is 0.895. The van der Waals surface area contributed by atoms with Crippen molar-refractivity contribution < 1.29 is 19.4 Å². The van der Waals surface area contributed by atoms with Gasteiger partial charge in [-0.25, -0.2) is 9.59 Å². The molecule has 0 bridgehead atoms. The maximum Gasteiger partial charge on any atom is 0.411 e. The Bertz CT molecular complexity index is 462. The summed E-state index contributed by atoms with van der Waals surface area (Å²) in [6.45, 7) is 20.5. The second-order valence-corrected chi connectivity index (χ2v) is 16.2. The van der Waals surface area contributed by atoms with E-state index in [1.54, 1.807) is 0 Å². The highest BCUT2D eigenvalue weighted by Gasteiger charge is 2.32. The van der Waals surface area contributed by atoms with Gasteiger partial charge >= 0.3 is 12.2 Å². The average Bonchev–Trinajstić information content (AvgIpc) is 2.37. The molecule has 2 N–H and O–H groups in total. The van der Waals surface area contributed by atoms with Crippen molar-refractivity contribution in [3.63, 3.8) is 0 Å². The number of ether oxygens (including phenoxy) is 1. The first-order chi connectivity index (χ1) is 11.5. The monoisotopic (exact) mass is 388 g/mol. The van der Waals surface area contributed by atoms with Gasteiger partial charge in [0.15, 0.2) is 0 Å². The zero-order valence-electron chi connectivity index (χ0n) is 18.2. The third-order valence-corrected chi connectivity index (χ3v) is 5.99. The summed E-state index contributed by atoms with van der Waals surface area (Å²) in [5.41, 5.74) is 0.110. The highest BCUT2D eigenvalue weighted by atomic mass is 28.3. The molecule has 0 aromatic carbocycles. The predicted octanol–water partition coefficient (Wildman–Crippen LogP) is 5.09. The molecule has 0 spiro atoms. The number of hydrogen-bond donors (Lipinski definition) is 2. The molecule has 0 unspecified atom stereocenters. The Labute approximate surface area is 160 Å². The fourth-order valence-corrected chi connectivity index (χ4v) is 3.27. The number of rotatable bonds is 8. The van der Waals surface area contributed by atoms with Gasteiger partial charge in [-0.3, -0.25) is 4.90 Å². The van der Waals surface area contributed by atoms with E-state index >= 15 is 0 Å². The number of nitrogens with one attached hydrogen (secondary N) is 1. The molecule has 0 aliphatic carbocycles. The van der Waals surface area contributed by atoms with Crippen LogP contribution in [0.2, 0.25) is 25.7 Å². The van der Waals surface area contributed by atoms with Crippen LogP contribution in [0.25, 0.3) is 0 Å². The lowest BCUT2D eigenvalue weighted by Gasteiger charge is -2.38. The fourth-order valence-electron chi connectivity index (χ4n) is 2.55. The number of hydrogen-bond acceptors (Lipinski definition) is 3. The molecule has 0 saturated heterocycles. The molecule has 7 heteroatoms. The first-order valence-corrected chi connectivity index (χ1v) is 13.1. The summed E-state index contributed by atoms with van der Waals surface area (Å²) < 4.78 is 5.44. The molecule has 26 heavy (non-hydrogen) atoms. The van der Waals surface area contributed by atoms with Gasteiger partial charge in [0.05, 0.1) is 13.3 Å². The summed E-state index contributed by atoms with van der Waals surface area (Å²) in [4.78, 5) is 24.9. The molecule has 6 nitrogen and oxygen atoms in total. The van der Waals surface area contributed by atoms with Gasteiger partial charge in [-0.05, 0) is 29.2 Å². The minimum absolute atomic E-state index is 0.00659. The molecule has 0 aromatic rings. The van der Waals surface area contributed by atoms with Gasteiger partial charge in [0.25, 0.3) is 0 Å². The van der Waals surface area contributed by atoms with Gasteiger partial charge in [-0.15, -0.1) is 0 Å². The summed E-state index contributed by atoms with van der Waals surface area (Å²) in [6, 6.07) is 0.892. The number of carboxylic acid groups (broad SMARTS) is 1. The van der Waals surface area contributed by atoms with Gasteiger partial charge in [0.1, 0.15) is 0 Å². The zero-order chi connectivity index (χ0) is 20.8. The van der Waals surface area contributed by atoms with Crippen molar-refractivity contribution in [1.82, 2.24) is 10.2 Å². The van der Waals surface area contributed by atoms with Crippen molar-refractivity contribution >= 4 is 20.3 Å². The van der Waals surface area contributed by atoms with Crippen molar-refractivity contribution in [2.24, 2.45) is 16.7 Å². The van der Waals surface area contributed by atoms with E-state index in [1.165, 1.54) is 4.90 Å². The number of carbonyl (C=O) groups excluding carboxylic acids is 1. The number of amides is 2. The van der Waals surface area contributed by atoms with Crippen LogP contribution in [0.4, 0.5) is 9.59 Å². The van der Waals surface area contributed by atoms with E-state index < -0.39 is 20.3 Å². The molecule has 1 atom stereocenters. The van der Waals surface area contributed by atoms with Gasteiger partial charge in [-0.2, -0.15) is 0 Å². The first-order valence-electron chi connectivity index (χ1n) is 9.40. The van der Waals surface area contributed by atoms with E-state index in [0.29, 0.717) is 13.2 Å². The molecule has 0 aromatic heterocycles. The van der Waals surface area contributed by atoms with Crippen LogP contribution in [0.15, 0.2) is 0 Å². The summed E-state index contributed by atoms with van der Waals surface area (Å²) in [5, 5.41) is 11.2. The van der Waals surface area contributed by atoms with Gasteiger partial charge in [0.2, 0.25) is 0 Å². The molecule has 0 radical (unpaired) electrons. The van der Waals surface area contributed by atoms with E-state index in [2.05, 4.69) is 66.5 Å². The molecule has 0 rings (SSSR count). The molecular formula is C19H40N2O4Si. The second-order valence-electron chi connectivity index (χ2n) is 10.6. The topological polar surface area (TPSA) is 78.9 Å². The molecule has 0 saturated carbocycles. The van der Waals surface area contributed by atoms with E-state index in [1.807, 2.05) is 0 Å². The quantitative estimate of drug-likeness (QED) is 0.448. The van der Waals surface area contributed by atoms with Gasteiger partial charge < -0.3 is 15.2 Å². The minimum Gasteiger partial charge on any atom is -0.465 e. The number of carbonyl (C=O) groups is 2. The highest BCUT2D eigenvalue weighted by Crippen LogP contribution is 2.36. The minimum atomic E-state index is -1.29. The van der Waals surface area contributed by atoms with Crippen LogP contribution in [0.5, 0.6) is 0 Å². The SMILES string of the molecule is CC(C)(C)C[C@H](CN(CNC(=O)O)C(=O)OCC[Si](C)(C)C)C(C)(C)C. The molecule has 0 heterocycles. The van der Waals surface area contributed by atoms with E-state index in [4.69, 9.17) is 9.84 Å². The van der Waals surface area contributed by atoms with Crippen molar-refractivity contribution in [2.75, 3.05) is 19.8 Å².